The highest BCUT2D eigenvalue weighted by Crippen LogP contribution is 2.18. The molecule has 2 aromatic rings. The molecule has 5 nitrogen and oxygen atoms in total. The first kappa shape index (κ1) is 23.4. The van der Waals surface area contributed by atoms with E-state index in [2.05, 4.69) is 37.2 Å². The minimum Gasteiger partial charge on any atom is -0.484 e. The van der Waals surface area contributed by atoms with Gasteiger partial charge in [-0.3, -0.25) is 9.59 Å². The monoisotopic (exact) mass is 524 g/mol. The summed E-state index contributed by atoms with van der Waals surface area (Å²) in [6, 6.07) is 14.3. The zero-order valence-corrected chi connectivity index (χ0v) is 20.2. The largest absolute Gasteiger partial charge is 0.484 e. The standard InChI is InChI=1S/C22H26Br2N2O3/c1-15(21(28)25-22(2,3)4)26(13-16-6-5-7-18(24)12-16)20(27)14-29-19-10-8-17(23)9-11-19/h5-12,15H,13-14H2,1-4H3,(H,25,28). The molecule has 0 aliphatic heterocycles. The van der Waals surface area contributed by atoms with Crippen LogP contribution in [0.2, 0.25) is 0 Å². The van der Waals surface area contributed by atoms with Crippen LogP contribution in [-0.4, -0.2) is 34.9 Å². The van der Waals surface area contributed by atoms with E-state index in [1.54, 1.807) is 24.0 Å². The summed E-state index contributed by atoms with van der Waals surface area (Å²) in [5.74, 6) is 0.129. The van der Waals surface area contributed by atoms with E-state index in [1.807, 2.05) is 57.2 Å². The second-order valence-electron chi connectivity index (χ2n) is 7.81. The highest BCUT2D eigenvalue weighted by atomic mass is 79.9. The van der Waals surface area contributed by atoms with E-state index in [4.69, 9.17) is 4.74 Å². The van der Waals surface area contributed by atoms with Crippen molar-refractivity contribution < 1.29 is 14.3 Å². The van der Waals surface area contributed by atoms with E-state index in [9.17, 15) is 9.59 Å². The van der Waals surface area contributed by atoms with Crippen molar-refractivity contribution in [3.63, 3.8) is 0 Å². The summed E-state index contributed by atoms with van der Waals surface area (Å²) in [5.41, 5.74) is 0.538. The maximum absolute atomic E-state index is 13.0. The van der Waals surface area contributed by atoms with E-state index in [1.165, 1.54) is 0 Å². The van der Waals surface area contributed by atoms with Gasteiger partial charge in [-0.05, 0) is 69.7 Å². The Morgan fingerprint density at radius 3 is 2.31 bits per heavy atom. The van der Waals surface area contributed by atoms with E-state index in [-0.39, 0.29) is 24.0 Å². The quantitative estimate of drug-likeness (QED) is 0.558. The van der Waals surface area contributed by atoms with E-state index in [0.29, 0.717) is 12.3 Å². The summed E-state index contributed by atoms with van der Waals surface area (Å²) in [7, 11) is 0. The third-order valence-corrected chi connectivity index (χ3v) is 5.11. The van der Waals surface area contributed by atoms with Crippen LogP contribution >= 0.6 is 31.9 Å². The molecule has 156 valence electrons. The number of amides is 2. The van der Waals surface area contributed by atoms with Crippen molar-refractivity contribution in [1.29, 1.82) is 0 Å². The number of nitrogens with zero attached hydrogens (tertiary/aromatic N) is 1. The van der Waals surface area contributed by atoms with Gasteiger partial charge in [-0.1, -0.05) is 44.0 Å². The number of carbonyl (C=O) groups is 2. The number of benzene rings is 2. The number of ether oxygens (including phenoxy) is 1. The molecule has 2 aromatic carbocycles. The van der Waals surface area contributed by atoms with Gasteiger partial charge in [-0.25, -0.2) is 0 Å². The summed E-state index contributed by atoms with van der Waals surface area (Å²) < 4.78 is 7.49. The van der Waals surface area contributed by atoms with Crippen LogP contribution in [0.4, 0.5) is 0 Å². The van der Waals surface area contributed by atoms with Crippen LogP contribution in [0.15, 0.2) is 57.5 Å². The van der Waals surface area contributed by atoms with Crippen LogP contribution in [0, 0.1) is 0 Å². The molecule has 2 rings (SSSR count). The summed E-state index contributed by atoms with van der Waals surface area (Å²) in [5, 5.41) is 2.94. The number of carbonyl (C=O) groups excluding carboxylic acids is 2. The van der Waals surface area contributed by atoms with Gasteiger partial charge in [0.05, 0.1) is 0 Å². The minimum absolute atomic E-state index is 0.150. The minimum atomic E-state index is -0.644. The van der Waals surface area contributed by atoms with Gasteiger partial charge in [0.2, 0.25) is 5.91 Å². The fourth-order valence-electron chi connectivity index (χ4n) is 2.65. The number of rotatable bonds is 7. The molecule has 0 aliphatic rings. The fraction of sp³-hybridized carbons (Fsp3) is 0.364. The number of nitrogens with one attached hydrogen (secondary N) is 1. The molecule has 1 atom stereocenters. The van der Waals surface area contributed by atoms with Gasteiger partial charge < -0.3 is 15.0 Å². The average Bonchev–Trinajstić information content (AvgIpc) is 2.63. The predicted octanol–water partition coefficient (Wildman–Crippen LogP) is 4.92. The third-order valence-electron chi connectivity index (χ3n) is 4.08. The summed E-state index contributed by atoms with van der Waals surface area (Å²) in [6.07, 6.45) is 0. The van der Waals surface area contributed by atoms with Crippen LogP contribution in [0.25, 0.3) is 0 Å². The molecule has 1 unspecified atom stereocenters. The summed E-state index contributed by atoms with van der Waals surface area (Å²) in [4.78, 5) is 27.2. The first-order valence-corrected chi connectivity index (χ1v) is 10.9. The molecule has 0 aromatic heterocycles. The highest BCUT2D eigenvalue weighted by molar-refractivity contribution is 9.10. The molecule has 0 saturated carbocycles. The first-order chi connectivity index (χ1) is 13.5. The van der Waals surface area contributed by atoms with Crippen molar-refractivity contribution in [3.05, 3.63) is 63.0 Å². The molecule has 2 amide bonds. The topological polar surface area (TPSA) is 58.6 Å². The molecule has 0 saturated heterocycles. The molecule has 0 fully saturated rings. The zero-order valence-electron chi connectivity index (χ0n) is 17.0. The van der Waals surface area contributed by atoms with Crippen molar-refractivity contribution in [2.75, 3.05) is 6.61 Å². The molecule has 1 N–H and O–H groups in total. The van der Waals surface area contributed by atoms with Crippen LogP contribution in [0.3, 0.4) is 0 Å². The molecule has 0 heterocycles. The lowest BCUT2D eigenvalue weighted by molar-refractivity contribution is -0.142. The zero-order chi connectivity index (χ0) is 21.6. The van der Waals surface area contributed by atoms with Gasteiger partial charge in [0.1, 0.15) is 11.8 Å². The Morgan fingerprint density at radius 1 is 1.07 bits per heavy atom. The lowest BCUT2D eigenvalue weighted by atomic mass is 10.1. The fourth-order valence-corrected chi connectivity index (χ4v) is 3.36. The number of halogens is 2. The van der Waals surface area contributed by atoms with Gasteiger partial charge in [0.15, 0.2) is 6.61 Å². The lowest BCUT2D eigenvalue weighted by Crippen LogP contribution is -2.53. The van der Waals surface area contributed by atoms with E-state index in [0.717, 1.165) is 14.5 Å². The second kappa shape index (κ2) is 10.3. The number of hydrogen-bond donors (Lipinski definition) is 1. The Labute approximate surface area is 189 Å². The van der Waals surface area contributed by atoms with Crippen molar-refractivity contribution in [3.8, 4) is 5.75 Å². The first-order valence-electron chi connectivity index (χ1n) is 9.29. The van der Waals surface area contributed by atoms with Gasteiger partial charge >= 0.3 is 0 Å². The highest BCUT2D eigenvalue weighted by Gasteiger charge is 2.28. The van der Waals surface area contributed by atoms with E-state index >= 15 is 0 Å². The predicted molar refractivity (Wildman–Crippen MR) is 122 cm³/mol. The molecule has 0 radical (unpaired) electrons. The summed E-state index contributed by atoms with van der Waals surface area (Å²) >= 11 is 6.82. The van der Waals surface area contributed by atoms with Crippen molar-refractivity contribution >= 4 is 43.7 Å². The maximum Gasteiger partial charge on any atom is 0.261 e. The third kappa shape index (κ3) is 7.82. The molecule has 0 bridgehead atoms. The average molecular weight is 526 g/mol. The second-order valence-corrected chi connectivity index (χ2v) is 9.64. The molecule has 7 heteroatoms. The Kier molecular flexibility index (Phi) is 8.28. The van der Waals surface area contributed by atoms with Crippen molar-refractivity contribution in [2.24, 2.45) is 0 Å². The smallest absolute Gasteiger partial charge is 0.261 e. The molecule has 0 aliphatic carbocycles. The summed E-state index contributed by atoms with van der Waals surface area (Å²) in [6.45, 7) is 7.62. The molecule has 0 spiro atoms. The van der Waals surface area contributed by atoms with Crippen LogP contribution in [-0.2, 0) is 16.1 Å². The van der Waals surface area contributed by atoms with Gasteiger partial charge in [0, 0.05) is 21.0 Å². The van der Waals surface area contributed by atoms with Crippen molar-refractivity contribution in [2.45, 2.75) is 45.8 Å². The number of hydrogen-bond acceptors (Lipinski definition) is 3. The van der Waals surface area contributed by atoms with Crippen molar-refractivity contribution in [1.82, 2.24) is 10.2 Å². The molecular weight excluding hydrogens is 500 g/mol. The SMILES string of the molecule is CC(C(=O)NC(C)(C)C)N(Cc1cccc(Br)c1)C(=O)COc1ccc(Br)cc1. The maximum atomic E-state index is 13.0. The molecule has 29 heavy (non-hydrogen) atoms. The Bertz CT molecular complexity index is 848. The van der Waals surface area contributed by atoms with Gasteiger partial charge in [-0.2, -0.15) is 0 Å². The van der Waals surface area contributed by atoms with Gasteiger partial charge in [0.25, 0.3) is 5.91 Å². The Balaban J connectivity index is 2.16. The normalized spacial score (nSPS) is 12.2. The molecular formula is C22H26Br2N2O3. The van der Waals surface area contributed by atoms with Crippen LogP contribution in [0.5, 0.6) is 5.75 Å². The van der Waals surface area contributed by atoms with E-state index < -0.39 is 6.04 Å². The van der Waals surface area contributed by atoms with Crippen LogP contribution in [0.1, 0.15) is 33.3 Å². The lowest BCUT2D eigenvalue weighted by Gasteiger charge is -2.31. The van der Waals surface area contributed by atoms with Crippen LogP contribution < -0.4 is 10.1 Å². The Morgan fingerprint density at radius 2 is 1.72 bits per heavy atom. The van der Waals surface area contributed by atoms with Gasteiger partial charge in [-0.15, -0.1) is 0 Å². The Hall–Kier alpha value is -1.86.